The van der Waals surface area contributed by atoms with Crippen LogP contribution >= 0.6 is 0 Å². The maximum absolute atomic E-state index is 12.4. The molecule has 2 fully saturated rings. The highest BCUT2D eigenvalue weighted by molar-refractivity contribution is 5.78. The number of carbonyl (C=O) groups is 1. The number of rotatable bonds is 4. The van der Waals surface area contributed by atoms with E-state index in [2.05, 4.69) is 48.3 Å². The number of nitrogens with zero attached hydrogens (tertiary/aromatic N) is 2. The van der Waals surface area contributed by atoms with Crippen LogP contribution in [0.2, 0.25) is 0 Å². The van der Waals surface area contributed by atoms with Crippen LogP contribution in [0, 0.1) is 5.92 Å². The molecule has 132 valence electrons. The Kier molecular flexibility index (Phi) is 5.90. The second kappa shape index (κ2) is 8.13. The molecule has 0 aromatic heterocycles. The van der Waals surface area contributed by atoms with Gasteiger partial charge in [-0.2, -0.15) is 0 Å². The molecule has 1 atom stereocenters. The third kappa shape index (κ3) is 4.81. The summed E-state index contributed by atoms with van der Waals surface area (Å²) >= 11 is 0. The molecule has 0 bridgehead atoms. The van der Waals surface area contributed by atoms with Gasteiger partial charge in [0.25, 0.3) is 0 Å². The van der Waals surface area contributed by atoms with Crippen molar-refractivity contribution in [1.82, 2.24) is 15.1 Å². The van der Waals surface area contributed by atoms with E-state index in [0.29, 0.717) is 12.5 Å². The van der Waals surface area contributed by atoms with E-state index in [4.69, 9.17) is 0 Å². The van der Waals surface area contributed by atoms with Crippen molar-refractivity contribution in [2.75, 3.05) is 32.7 Å². The van der Waals surface area contributed by atoms with E-state index in [0.717, 1.165) is 63.6 Å². The summed E-state index contributed by atoms with van der Waals surface area (Å²) in [5, 5.41) is 3.48. The Morgan fingerprint density at radius 2 is 1.75 bits per heavy atom. The lowest BCUT2D eigenvalue weighted by atomic mass is 9.98. The Bertz CT molecular complexity index is 534. The third-order valence-electron chi connectivity index (χ3n) is 5.37. The molecule has 1 aromatic carbocycles. The molecule has 0 radical (unpaired) electrons. The zero-order chi connectivity index (χ0) is 16.9. The van der Waals surface area contributed by atoms with Gasteiger partial charge in [0.1, 0.15) is 0 Å². The standard InChI is InChI=1S/C20H31N3O/c1-16-7-10-23(11-8-16)20(24)13-18-3-5-19(6-4-18)15-22-12-9-21-17(2)14-22/h3-6,16-17,21H,7-15H2,1-2H3/t17-/m1/s1. The Balaban J connectivity index is 1.50. The van der Waals surface area contributed by atoms with Crippen LogP contribution in [-0.2, 0) is 17.8 Å². The normalized spacial score (nSPS) is 23.4. The van der Waals surface area contributed by atoms with E-state index >= 15 is 0 Å². The lowest BCUT2D eigenvalue weighted by Crippen LogP contribution is -2.48. The third-order valence-corrected chi connectivity index (χ3v) is 5.37. The molecule has 4 heteroatoms. The van der Waals surface area contributed by atoms with E-state index in [1.807, 2.05) is 4.90 Å². The molecular weight excluding hydrogens is 298 g/mol. The molecule has 1 aromatic rings. The van der Waals surface area contributed by atoms with Crippen molar-refractivity contribution < 1.29 is 4.79 Å². The molecule has 2 heterocycles. The predicted octanol–water partition coefficient (Wildman–Crippen LogP) is 2.28. The van der Waals surface area contributed by atoms with Crippen molar-refractivity contribution >= 4 is 5.91 Å². The number of amides is 1. The van der Waals surface area contributed by atoms with Crippen LogP contribution < -0.4 is 5.32 Å². The minimum Gasteiger partial charge on any atom is -0.342 e. The maximum Gasteiger partial charge on any atom is 0.226 e. The number of likely N-dealkylation sites (tertiary alicyclic amines) is 1. The number of piperidine rings is 1. The summed E-state index contributed by atoms with van der Waals surface area (Å²) in [5.74, 6) is 1.05. The first-order valence-electron chi connectivity index (χ1n) is 9.41. The molecule has 0 unspecified atom stereocenters. The van der Waals surface area contributed by atoms with Gasteiger partial charge in [-0.05, 0) is 36.8 Å². The average molecular weight is 329 g/mol. The number of hydrogen-bond donors (Lipinski definition) is 1. The van der Waals surface area contributed by atoms with Gasteiger partial charge in [0.2, 0.25) is 5.91 Å². The fourth-order valence-corrected chi connectivity index (χ4v) is 3.72. The van der Waals surface area contributed by atoms with E-state index < -0.39 is 0 Å². The van der Waals surface area contributed by atoms with Crippen LogP contribution in [0.5, 0.6) is 0 Å². The fraction of sp³-hybridized carbons (Fsp3) is 0.650. The Morgan fingerprint density at radius 3 is 2.42 bits per heavy atom. The van der Waals surface area contributed by atoms with E-state index in [1.165, 1.54) is 5.56 Å². The predicted molar refractivity (Wildman–Crippen MR) is 97.9 cm³/mol. The van der Waals surface area contributed by atoms with Crippen LogP contribution in [0.15, 0.2) is 24.3 Å². The van der Waals surface area contributed by atoms with Gasteiger partial charge in [-0.3, -0.25) is 9.69 Å². The summed E-state index contributed by atoms with van der Waals surface area (Å²) in [5.41, 5.74) is 2.48. The van der Waals surface area contributed by atoms with Gasteiger partial charge < -0.3 is 10.2 Å². The molecular formula is C20H31N3O. The van der Waals surface area contributed by atoms with Crippen molar-refractivity contribution in [2.24, 2.45) is 5.92 Å². The summed E-state index contributed by atoms with van der Waals surface area (Å²) in [6.07, 6.45) is 2.83. The van der Waals surface area contributed by atoms with Gasteiger partial charge in [-0.15, -0.1) is 0 Å². The van der Waals surface area contributed by atoms with Crippen molar-refractivity contribution in [3.05, 3.63) is 35.4 Å². The fourth-order valence-electron chi connectivity index (χ4n) is 3.72. The number of benzene rings is 1. The van der Waals surface area contributed by atoms with Crippen molar-refractivity contribution in [3.8, 4) is 0 Å². The summed E-state index contributed by atoms with van der Waals surface area (Å²) in [7, 11) is 0. The van der Waals surface area contributed by atoms with Gasteiger partial charge in [-0.1, -0.05) is 31.2 Å². The van der Waals surface area contributed by atoms with Crippen LogP contribution in [0.4, 0.5) is 0 Å². The molecule has 0 spiro atoms. The minimum absolute atomic E-state index is 0.283. The Labute approximate surface area is 146 Å². The SMILES string of the molecule is CC1CCN(C(=O)Cc2ccc(CN3CCN[C@H](C)C3)cc2)CC1. The van der Waals surface area contributed by atoms with Crippen LogP contribution in [0.25, 0.3) is 0 Å². The lowest BCUT2D eigenvalue weighted by Gasteiger charge is -2.32. The molecule has 2 saturated heterocycles. The largest absolute Gasteiger partial charge is 0.342 e. The first-order chi connectivity index (χ1) is 11.6. The van der Waals surface area contributed by atoms with E-state index in [-0.39, 0.29) is 5.91 Å². The summed E-state index contributed by atoms with van der Waals surface area (Å²) < 4.78 is 0. The molecule has 1 amide bonds. The molecule has 0 saturated carbocycles. The summed E-state index contributed by atoms with van der Waals surface area (Å²) in [4.78, 5) is 17.0. The Morgan fingerprint density at radius 1 is 1.08 bits per heavy atom. The lowest BCUT2D eigenvalue weighted by molar-refractivity contribution is -0.131. The first-order valence-corrected chi connectivity index (χ1v) is 9.41. The number of piperazine rings is 1. The van der Waals surface area contributed by atoms with Gasteiger partial charge in [0.05, 0.1) is 6.42 Å². The molecule has 3 rings (SSSR count). The summed E-state index contributed by atoms with van der Waals surface area (Å²) in [6, 6.07) is 9.21. The smallest absolute Gasteiger partial charge is 0.226 e. The molecule has 24 heavy (non-hydrogen) atoms. The second-order valence-corrected chi connectivity index (χ2v) is 7.65. The molecule has 4 nitrogen and oxygen atoms in total. The maximum atomic E-state index is 12.4. The van der Waals surface area contributed by atoms with Crippen LogP contribution in [0.3, 0.4) is 0 Å². The van der Waals surface area contributed by atoms with E-state index in [9.17, 15) is 4.79 Å². The van der Waals surface area contributed by atoms with Gasteiger partial charge >= 0.3 is 0 Å². The van der Waals surface area contributed by atoms with Gasteiger partial charge in [0, 0.05) is 45.3 Å². The number of hydrogen-bond acceptors (Lipinski definition) is 3. The molecule has 0 aliphatic carbocycles. The number of nitrogens with one attached hydrogen (secondary N) is 1. The average Bonchev–Trinajstić information content (AvgIpc) is 2.57. The van der Waals surface area contributed by atoms with Gasteiger partial charge in [0.15, 0.2) is 0 Å². The highest BCUT2D eigenvalue weighted by atomic mass is 16.2. The van der Waals surface area contributed by atoms with Crippen molar-refractivity contribution in [3.63, 3.8) is 0 Å². The molecule has 1 N–H and O–H groups in total. The van der Waals surface area contributed by atoms with Crippen LogP contribution in [-0.4, -0.2) is 54.5 Å². The highest BCUT2D eigenvalue weighted by Gasteiger charge is 2.20. The minimum atomic E-state index is 0.283. The van der Waals surface area contributed by atoms with E-state index in [1.54, 1.807) is 0 Å². The first kappa shape index (κ1) is 17.4. The molecule has 2 aliphatic rings. The monoisotopic (exact) mass is 329 g/mol. The second-order valence-electron chi connectivity index (χ2n) is 7.65. The zero-order valence-corrected chi connectivity index (χ0v) is 15.1. The Hall–Kier alpha value is -1.39. The zero-order valence-electron chi connectivity index (χ0n) is 15.1. The number of carbonyl (C=O) groups excluding carboxylic acids is 1. The summed E-state index contributed by atoms with van der Waals surface area (Å²) in [6.45, 7) is 10.7. The highest BCUT2D eigenvalue weighted by Crippen LogP contribution is 2.17. The molecule has 2 aliphatic heterocycles. The van der Waals surface area contributed by atoms with Crippen molar-refractivity contribution in [1.29, 1.82) is 0 Å². The van der Waals surface area contributed by atoms with Crippen molar-refractivity contribution in [2.45, 2.75) is 45.7 Å². The van der Waals surface area contributed by atoms with Crippen LogP contribution in [0.1, 0.15) is 37.8 Å². The topological polar surface area (TPSA) is 35.6 Å². The quantitative estimate of drug-likeness (QED) is 0.920. The van der Waals surface area contributed by atoms with Gasteiger partial charge in [-0.25, -0.2) is 0 Å².